The van der Waals surface area contributed by atoms with Gasteiger partial charge < -0.3 is 4.74 Å². The number of hydrogen-bond acceptors (Lipinski definition) is 6. The Morgan fingerprint density at radius 2 is 2.57 bits per heavy atom. The minimum absolute atomic E-state index is 0.196. The number of nitrogens with zero attached hydrogens (tertiary/aromatic N) is 4. The highest BCUT2D eigenvalue weighted by Crippen LogP contribution is 2.12. The summed E-state index contributed by atoms with van der Waals surface area (Å²) in [6, 6.07) is 0. The Morgan fingerprint density at radius 3 is 3.29 bits per heavy atom. The van der Waals surface area contributed by atoms with Crippen molar-refractivity contribution in [1.82, 2.24) is 19.8 Å². The van der Waals surface area contributed by atoms with E-state index in [0.29, 0.717) is 16.6 Å². The average Bonchev–Trinajstić information content (AvgIpc) is 2.63. The van der Waals surface area contributed by atoms with E-state index >= 15 is 0 Å². The van der Waals surface area contributed by atoms with E-state index in [4.69, 9.17) is 4.74 Å². The van der Waals surface area contributed by atoms with E-state index in [1.54, 1.807) is 11.4 Å². The lowest BCUT2D eigenvalue weighted by Crippen LogP contribution is -2.07. The largest absolute Gasteiger partial charge is 0.466 e. The summed E-state index contributed by atoms with van der Waals surface area (Å²) < 4.78 is 6.34. The van der Waals surface area contributed by atoms with Crippen molar-refractivity contribution in [3.63, 3.8) is 0 Å². The van der Waals surface area contributed by atoms with Crippen LogP contribution < -0.4 is 0 Å². The van der Waals surface area contributed by atoms with E-state index in [0.717, 1.165) is 0 Å². The monoisotopic (exact) mass is 212 g/mol. The topological polar surface area (TPSA) is 69.4 Å². The minimum Gasteiger partial charge on any atom is -0.466 e. The van der Waals surface area contributed by atoms with Crippen molar-refractivity contribution in [3.8, 4) is 0 Å². The van der Waals surface area contributed by atoms with Gasteiger partial charge in [-0.25, -0.2) is 0 Å². The van der Waals surface area contributed by atoms with Crippen LogP contribution in [0.5, 0.6) is 0 Å². The predicted octanol–water partition coefficient (Wildman–Crippen LogP) is 0.291. The molecule has 74 valence electrons. The number of carbonyl (C=O) groups excluding carboxylic acids is 1. The van der Waals surface area contributed by atoms with Gasteiger partial charge in [0, 0.05) is 0 Å². The lowest BCUT2D eigenvalue weighted by atomic mass is 10.5. The van der Waals surface area contributed by atoms with Crippen LogP contribution in [0.2, 0.25) is 0 Å². The highest BCUT2D eigenvalue weighted by molar-refractivity contribution is 7.16. The van der Waals surface area contributed by atoms with E-state index in [2.05, 4.69) is 15.3 Å². The maximum Gasteiger partial charge on any atom is 0.312 e. The maximum absolute atomic E-state index is 11.1. The van der Waals surface area contributed by atoms with Gasteiger partial charge in [-0.2, -0.15) is 9.61 Å². The Hall–Kier alpha value is -1.50. The van der Waals surface area contributed by atoms with Crippen molar-refractivity contribution in [1.29, 1.82) is 0 Å². The lowest BCUT2D eigenvalue weighted by Gasteiger charge is -1.96. The Bertz CT molecular complexity index is 421. The quantitative estimate of drug-likeness (QED) is 0.684. The molecule has 0 aliphatic rings. The zero-order chi connectivity index (χ0) is 9.97. The number of carbonyl (C=O) groups is 1. The fraction of sp³-hybridized carbons (Fsp3) is 0.429. The summed E-state index contributed by atoms with van der Waals surface area (Å²) in [6.07, 6.45) is 1.70. The third kappa shape index (κ3) is 1.72. The first-order valence-electron chi connectivity index (χ1n) is 4.11. The summed E-state index contributed by atoms with van der Waals surface area (Å²) in [6.45, 7) is 2.17. The average molecular weight is 212 g/mol. The van der Waals surface area contributed by atoms with Gasteiger partial charge in [-0.05, 0) is 6.92 Å². The molecule has 0 amide bonds. The van der Waals surface area contributed by atoms with Crippen molar-refractivity contribution < 1.29 is 9.53 Å². The number of hydrogen-bond donors (Lipinski definition) is 0. The summed E-state index contributed by atoms with van der Waals surface area (Å²) >= 11 is 1.34. The number of ether oxygens (including phenoxy) is 1. The molecule has 0 saturated carbocycles. The first-order valence-corrected chi connectivity index (χ1v) is 4.92. The summed E-state index contributed by atoms with van der Waals surface area (Å²) in [4.78, 5) is 11.8. The molecule has 2 heterocycles. The van der Waals surface area contributed by atoms with Gasteiger partial charge in [0.1, 0.15) is 11.3 Å². The third-order valence-electron chi connectivity index (χ3n) is 1.53. The molecule has 14 heavy (non-hydrogen) atoms. The van der Waals surface area contributed by atoms with Crippen LogP contribution in [0.25, 0.3) is 4.96 Å². The number of fused-ring (bicyclic) bond motifs is 1. The van der Waals surface area contributed by atoms with E-state index in [-0.39, 0.29) is 12.4 Å². The normalized spacial score (nSPS) is 10.6. The number of esters is 1. The highest BCUT2D eigenvalue weighted by Gasteiger charge is 2.10. The zero-order valence-electron chi connectivity index (χ0n) is 7.51. The first-order chi connectivity index (χ1) is 6.79. The standard InChI is InChI=1S/C7H8N4O2S/c1-2-13-6(12)3-5-10-11-4-8-9-7(11)14-5/h4H,2-3H2,1H3. The molecule has 0 radical (unpaired) electrons. The molecule has 0 aliphatic heterocycles. The van der Waals surface area contributed by atoms with E-state index in [1.807, 2.05) is 0 Å². The molecular formula is C7H8N4O2S. The first kappa shape index (κ1) is 9.07. The van der Waals surface area contributed by atoms with Gasteiger partial charge in [-0.1, -0.05) is 11.3 Å². The molecule has 0 fully saturated rings. The second-order valence-corrected chi connectivity index (χ2v) is 3.58. The smallest absolute Gasteiger partial charge is 0.312 e. The van der Waals surface area contributed by atoms with Crippen LogP contribution in [0.1, 0.15) is 11.9 Å². The predicted molar refractivity (Wildman–Crippen MR) is 49.0 cm³/mol. The fourth-order valence-electron chi connectivity index (χ4n) is 1.01. The van der Waals surface area contributed by atoms with Gasteiger partial charge >= 0.3 is 5.97 Å². The van der Waals surface area contributed by atoms with Gasteiger partial charge in [0.25, 0.3) is 0 Å². The molecule has 0 atom stereocenters. The molecule has 0 N–H and O–H groups in total. The van der Waals surface area contributed by atoms with Crippen LogP contribution in [0.15, 0.2) is 6.33 Å². The van der Waals surface area contributed by atoms with E-state index in [1.165, 1.54) is 17.7 Å². The van der Waals surface area contributed by atoms with Crippen LogP contribution in [-0.2, 0) is 16.0 Å². The number of rotatable bonds is 3. The minimum atomic E-state index is -0.266. The van der Waals surface area contributed by atoms with Gasteiger partial charge in [-0.3, -0.25) is 4.79 Å². The summed E-state index contributed by atoms with van der Waals surface area (Å²) in [5.74, 6) is -0.266. The van der Waals surface area contributed by atoms with Crippen molar-refractivity contribution in [3.05, 3.63) is 11.3 Å². The molecule has 0 spiro atoms. The molecule has 2 aromatic heterocycles. The Kier molecular flexibility index (Phi) is 2.40. The molecule has 6 nitrogen and oxygen atoms in total. The molecule has 2 aromatic rings. The molecule has 0 aliphatic carbocycles. The van der Waals surface area contributed by atoms with Crippen molar-refractivity contribution in [2.24, 2.45) is 0 Å². The van der Waals surface area contributed by atoms with Crippen molar-refractivity contribution in [2.75, 3.05) is 6.61 Å². The molecule has 2 rings (SSSR count). The second kappa shape index (κ2) is 3.70. The Morgan fingerprint density at radius 1 is 1.71 bits per heavy atom. The molecule has 0 aromatic carbocycles. The zero-order valence-corrected chi connectivity index (χ0v) is 8.32. The van der Waals surface area contributed by atoms with Crippen LogP contribution in [-0.4, -0.2) is 32.4 Å². The van der Waals surface area contributed by atoms with E-state index in [9.17, 15) is 4.79 Å². The Labute approximate surface area is 83.5 Å². The van der Waals surface area contributed by atoms with Gasteiger partial charge in [0.05, 0.1) is 13.0 Å². The van der Waals surface area contributed by atoms with Gasteiger partial charge in [-0.15, -0.1) is 10.2 Å². The Balaban J connectivity index is 2.11. The van der Waals surface area contributed by atoms with Crippen molar-refractivity contribution in [2.45, 2.75) is 13.3 Å². The summed E-state index contributed by atoms with van der Waals surface area (Å²) in [5, 5.41) is 12.3. The van der Waals surface area contributed by atoms with Gasteiger partial charge in [0.2, 0.25) is 4.96 Å². The second-order valence-electron chi connectivity index (χ2n) is 2.54. The molecule has 0 bridgehead atoms. The third-order valence-corrected chi connectivity index (χ3v) is 2.44. The van der Waals surface area contributed by atoms with Crippen molar-refractivity contribution >= 4 is 22.3 Å². The maximum atomic E-state index is 11.1. The molecule has 0 saturated heterocycles. The number of aromatic nitrogens is 4. The van der Waals surface area contributed by atoms with E-state index < -0.39 is 0 Å². The summed E-state index contributed by atoms with van der Waals surface area (Å²) in [7, 11) is 0. The SMILES string of the molecule is CCOC(=O)Cc1nn2cnnc2s1. The highest BCUT2D eigenvalue weighted by atomic mass is 32.1. The fourth-order valence-corrected chi connectivity index (χ4v) is 1.81. The van der Waals surface area contributed by atoms with Crippen LogP contribution >= 0.6 is 11.3 Å². The molecule has 0 unspecified atom stereocenters. The summed E-state index contributed by atoms with van der Waals surface area (Å²) in [5.41, 5.74) is 0. The molecule has 7 heteroatoms. The van der Waals surface area contributed by atoms with Crippen LogP contribution in [0, 0.1) is 0 Å². The lowest BCUT2D eigenvalue weighted by molar-refractivity contribution is -0.142. The molecular weight excluding hydrogens is 204 g/mol. The van der Waals surface area contributed by atoms with Crippen LogP contribution in [0.3, 0.4) is 0 Å². The van der Waals surface area contributed by atoms with Crippen LogP contribution in [0.4, 0.5) is 0 Å². The van der Waals surface area contributed by atoms with Gasteiger partial charge in [0.15, 0.2) is 0 Å².